The number of halogens is 4. The first-order chi connectivity index (χ1) is 6.29. The van der Waals surface area contributed by atoms with E-state index in [1.54, 1.807) is 0 Å². The average molecular weight is 211 g/mol. The molecule has 7 heteroatoms. The van der Waals surface area contributed by atoms with Gasteiger partial charge in [0.2, 0.25) is 0 Å². The molecule has 0 atom stereocenters. The second-order valence-corrected chi connectivity index (χ2v) is 2.43. The number of nitrogens with zero attached hydrogens (tertiary/aromatic N) is 1. The molecule has 78 valence electrons. The van der Waals surface area contributed by atoms with Crippen LogP contribution in [-0.2, 0) is 0 Å². The van der Waals surface area contributed by atoms with Crippen LogP contribution >= 0.6 is 0 Å². The molecule has 0 fully saturated rings. The first kappa shape index (κ1) is 10.6. The lowest BCUT2D eigenvalue weighted by molar-refractivity contribution is -0.275. The smallest absolute Gasteiger partial charge is 0.506 e. The van der Waals surface area contributed by atoms with E-state index in [-0.39, 0.29) is 5.69 Å². The van der Waals surface area contributed by atoms with Crippen molar-refractivity contribution >= 4 is 0 Å². The predicted molar refractivity (Wildman–Crippen MR) is 37.3 cm³/mol. The second kappa shape index (κ2) is 3.32. The molecule has 0 saturated heterocycles. The molecule has 1 N–H and O–H groups in total. The Kier molecular flexibility index (Phi) is 2.50. The average Bonchev–Trinajstić information content (AvgIpc) is 1.97. The Balaban J connectivity index is 3.04. The van der Waals surface area contributed by atoms with Gasteiger partial charge in [-0.3, -0.25) is 0 Å². The van der Waals surface area contributed by atoms with Gasteiger partial charge in [0, 0.05) is 6.07 Å². The van der Waals surface area contributed by atoms with Crippen molar-refractivity contribution in [3.8, 4) is 11.5 Å². The number of ether oxygens (including phenoxy) is 1. The Morgan fingerprint density at radius 3 is 2.50 bits per heavy atom. The lowest BCUT2D eigenvalue weighted by Gasteiger charge is -2.09. The number of hydrogen-bond donors (Lipinski definition) is 1. The maximum atomic E-state index is 12.7. The molecule has 1 rings (SSSR count). The minimum atomic E-state index is -5.01. The van der Waals surface area contributed by atoms with Crippen molar-refractivity contribution in [1.82, 2.24) is 4.98 Å². The standard InChI is InChI=1S/C7H5F4NO2/c1-3-4(13)2-5(6(8)12-3)14-7(9,10)11/h2,13H,1H3. The maximum absolute atomic E-state index is 12.7. The molecule has 3 nitrogen and oxygen atoms in total. The van der Waals surface area contributed by atoms with E-state index in [4.69, 9.17) is 5.11 Å². The largest absolute Gasteiger partial charge is 0.573 e. The summed E-state index contributed by atoms with van der Waals surface area (Å²) in [7, 11) is 0. The summed E-state index contributed by atoms with van der Waals surface area (Å²) < 4.78 is 51.0. The van der Waals surface area contributed by atoms with Crippen molar-refractivity contribution in [2.45, 2.75) is 13.3 Å². The van der Waals surface area contributed by atoms with Crippen LogP contribution in [0.2, 0.25) is 0 Å². The van der Waals surface area contributed by atoms with Crippen molar-refractivity contribution in [3.05, 3.63) is 17.7 Å². The zero-order chi connectivity index (χ0) is 10.9. The topological polar surface area (TPSA) is 42.4 Å². The molecule has 0 saturated carbocycles. The Bertz CT molecular complexity index is 350. The van der Waals surface area contributed by atoms with Gasteiger partial charge in [0.05, 0.1) is 5.69 Å². The van der Waals surface area contributed by atoms with E-state index in [0.717, 1.165) is 0 Å². The molecule has 0 aliphatic rings. The van der Waals surface area contributed by atoms with Crippen LogP contribution in [0.1, 0.15) is 5.69 Å². The highest BCUT2D eigenvalue weighted by atomic mass is 19.4. The molecule has 1 aromatic rings. The van der Waals surface area contributed by atoms with Crippen molar-refractivity contribution < 1.29 is 27.4 Å². The molecular formula is C7H5F4NO2. The maximum Gasteiger partial charge on any atom is 0.573 e. The molecule has 1 aromatic heterocycles. The summed E-state index contributed by atoms with van der Waals surface area (Å²) in [6.45, 7) is 1.25. The molecule has 0 amide bonds. The molecule has 0 unspecified atom stereocenters. The summed E-state index contributed by atoms with van der Waals surface area (Å²) in [5.41, 5.74) is -0.114. The number of alkyl halides is 3. The van der Waals surface area contributed by atoms with Gasteiger partial charge in [-0.25, -0.2) is 4.98 Å². The number of aromatic nitrogens is 1. The highest BCUT2D eigenvalue weighted by molar-refractivity contribution is 5.33. The first-order valence-corrected chi connectivity index (χ1v) is 3.41. The SMILES string of the molecule is Cc1nc(F)c(OC(F)(F)F)cc1O. The summed E-state index contributed by atoms with van der Waals surface area (Å²) in [6, 6.07) is 0.519. The Labute approximate surface area is 76.0 Å². The van der Waals surface area contributed by atoms with Crippen LogP contribution in [0.15, 0.2) is 6.07 Å². The number of aryl methyl sites for hydroxylation is 1. The Morgan fingerprint density at radius 2 is 2.00 bits per heavy atom. The lowest BCUT2D eigenvalue weighted by Crippen LogP contribution is -2.18. The van der Waals surface area contributed by atoms with Gasteiger partial charge in [0.25, 0.3) is 5.95 Å². The van der Waals surface area contributed by atoms with E-state index in [2.05, 4.69) is 9.72 Å². The van der Waals surface area contributed by atoms with Gasteiger partial charge >= 0.3 is 6.36 Å². The highest BCUT2D eigenvalue weighted by Crippen LogP contribution is 2.28. The molecule has 0 radical (unpaired) electrons. The summed E-state index contributed by atoms with van der Waals surface area (Å²) in [5.74, 6) is -3.14. The fourth-order valence-electron chi connectivity index (χ4n) is 0.744. The third-order valence-electron chi connectivity index (χ3n) is 1.33. The van der Waals surface area contributed by atoms with Crippen LogP contribution in [-0.4, -0.2) is 16.5 Å². The summed E-state index contributed by atoms with van der Waals surface area (Å²) >= 11 is 0. The zero-order valence-corrected chi connectivity index (χ0v) is 6.89. The predicted octanol–water partition coefficient (Wildman–Crippen LogP) is 2.13. The number of aromatic hydroxyl groups is 1. The summed E-state index contributed by atoms with van der Waals surface area (Å²) in [4.78, 5) is 3.02. The molecule has 0 aromatic carbocycles. The van der Waals surface area contributed by atoms with Crippen molar-refractivity contribution in [2.24, 2.45) is 0 Å². The van der Waals surface area contributed by atoms with E-state index in [9.17, 15) is 17.6 Å². The summed E-state index contributed by atoms with van der Waals surface area (Å²) in [5, 5.41) is 8.94. The van der Waals surface area contributed by atoms with Gasteiger partial charge in [0.1, 0.15) is 5.75 Å². The van der Waals surface area contributed by atoms with E-state index in [1.165, 1.54) is 6.92 Å². The fraction of sp³-hybridized carbons (Fsp3) is 0.286. The Hall–Kier alpha value is -1.53. The molecule has 0 aliphatic carbocycles. The van der Waals surface area contributed by atoms with Crippen LogP contribution in [0.5, 0.6) is 11.5 Å². The Morgan fingerprint density at radius 1 is 1.43 bits per heavy atom. The highest BCUT2D eigenvalue weighted by Gasteiger charge is 2.33. The quantitative estimate of drug-likeness (QED) is 0.571. The van der Waals surface area contributed by atoms with E-state index in [1.807, 2.05) is 0 Å². The van der Waals surface area contributed by atoms with Gasteiger partial charge in [-0.1, -0.05) is 0 Å². The zero-order valence-electron chi connectivity index (χ0n) is 6.89. The molecule has 0 bridgehead atoms. The fourth-order valence-corrected chi connectivity index (χ4v) is 0.744. The molecule has 0 aliphatic heterocycles. The van der Waals surface area contributed by atoms with Crippen molar-refractivity contribution in [1.29, 1.82) is 0 Å². The molecule has 0 spiro atoms. The van der Waals surface area contributed by atoms with Gasteiger partial charge in [-0.15, -0.1) is 13.2 Å². The molecule has 1 heterocycles. The van der Waals surface area contributed by atoms with Gasteiger partial charge in [-0.2, -0.15) is 4.39 Å². The number of rotatable bonds is 1. The van der Waals surface area contributed by atoms with Gasteiger partial charge < -0.3 is 9.84 Å². The van der Waals surface area contributed by atoms with Crippen LogP contribution in [0, 0.1) is 12.9 Å². The minimum absolute atomic E-state index is 0.114. The first-order valence-electron chi connectivity index (χ1n) is 3.41. The van der Waals surface area contributed by atoms with Crippen molar-refractivity contribution in [3.63, 3.8) is 0 Å². The van der Waals surface area contributed by atoms with E-state index < -0.39 is 23.8 Å². The summed E-state index contributed by atoms with van der Waals surface area (Å²) in [6.07, 6.45) is -5.01. The second-order valence-electron chi connectivity index (χ2n) is 2.43. The van der Waals surface area contributed by atoms with Crippen LogP contribution in [0.4, 0.5) is 17.6 Å². The minimum Gasteiger partial charge on any atom is -0.506 e. The van der Waals surface area contributed by atoms with Crippen LogP contribution in [0.25, 0.3) is 0 Å². The lowest BCUT2D eigenvalue weighted by atomic mass is 10.3. The van der Waals surface area contributed by atoms with Gasteiger partial charge in [0.15, 0.2) is 5.75 Å². The number of hydrogen-bond acceptors (Lipinski definition) is 3. The van der Waals surface area contributed by atoms with Gasteiger partial charge in [-0.05, 0) is 6.92 Å². The third-order valence-corrected chi connectivity index (χ3v) is 1.33. The number of pyridine rings is 1. The van der Waals surface area contributed by atoms with Crippen LogP contribution in [0.3, 0.4) is 0 Å². The normalized spacial score (nSPS) is 11.5. The van der Waals surface area contributed by atoms with Crippen LogP contribution < -0.4 is 4.74 Å². The van der Waals surface area contributed by atoms with E-state index >= 15 is 0 Å². The third kappa shape index (κ3) is 2.48. The monoisotopic (exact) mass is 211 g/mol. The van der Waals surface area contributed by atoms with Crippen molar-refractivity contribution in [2.75, 3.05) is 0 Å². The van der Waals surface area contributed by atoms with E-state index in [0.29, 0.717) is 6.07 Å². The molecule has 14 heavy (non-hydrogen) atoms. The molecular weight excluding hydrogens is 206 g/mol.